The van der Waals surface area contributed by atoms with Crippen molar-refractivity contribution >= 4 is 29.3 Å². The number of nitrogens with zero attached hydrogens (tertiary/aromatic N) is 1. The van der Waals surface area contributed by atoms with Crippen LogP contribution in [-0.4, -0.2) is 42.8 Å². The number of nitrogens with one attached hydrogen (secondary N) is 1. The molecule has 0 aliphatic carbocycles. The Bertz CT molecular complexity index is 931. The lowest BCUT2D eigenvalue weighted by Gasteiger charge is -2.14. The van der Waals surface area contributed by atoms with Crippen LogP contribution >= 0.6 is 11.6 Å². The molecule has 0 bridgehead atoms. The van der Waals surface area contributed by atoms with E-state index in [1.165, 1.54) is 12.0 Å². The number of amides is 3. The van der Waals surface area contributed by atoms with Crippen LogP contribution in [0.2, 0.25) is 5.02 Å². The minimum atomic E-state index is -0.273. The summed E-state index contributed by atoms with van der Waals surface area (Å²) in [6, 6.07) is 12.3. The van der Waals surface area contributed by atoms with Crippen LogP contribution < -0.4 is 14.8 Å². The second-order valence-electron chi connectivity index (χ2n) is 6.79. The van der Waals surface area contributed by atoms with Crippen molar-refractivity contribution in [3.63, 3.8) is 0 Å². The minimum Gasteiger partial charge on any atom is -0.493 e. The molecule has 0 radical (unpaired) electrons. The molecule has 7 nitrogen and oxygen atoms in total. The first kappa shape index (κ1) is 21.6. The van der Waals surface area contributed by atoms with Crippen LogP contribution in [0.25, 0.3) is 0 Å². The number of methoxy groups -OCH3 is 1. The van der Waals surface area contributed by atoms with Gasteiger partial charge in [-0.25, -0.2) is 0 Å². The zero-order chi connectivity index (χ0) is 21.5. The number of halogens is 1. The van der Waals surface area contributed by atoms with Gasteiger partial charge in [-0.15, -0.1) is 0 Å². The monoisotopic (exact) mass is 430 g/mol. The fraction of sp³-hybridized carbons (Fsp3) is 0.318. The van der Waals surface area contributed by atoms with Crippen molar-refractivity contribution in [2.24, 2.45) is 0 Å². The first-order chi connectivity index (χ1) is 14.5. The third-order valence-electron chi connectivity index (χ3n) is 4.77. The summed E-state index contributed by atoms with van der Waals surface area (Å²) in [4.78, 5) is 36.8. The molecule has 30 heavy (non-hydrogen) atoms. The van der Waals surface area contributed by atoms with Gasteiger partial charge in [-0.2, -0.15) is 0 Å². The molecule has 0 atom stereocenters. The van der Waals surface area contributed by atoms with E-state index in [1.807, 2.05) is 18.2 Å². The standard InChI is InChI=1S/C22H23ClN2O5/c1-29-19-13-15(7-8-18(19)30-14-16-5-2-3-6-17(16)23)22(28)24-11-4-12-25-20(26)9-10-21(25)27/h2-3,5-8,13H,4,9-12,14H2,1H3,(H,24,28). The van der Waals surface area contributed by atoms with Gasteiger partial charge in [0.15, 0.2) is 11.5 Å². The third-order valence-corrected chi connectivity index (χ3v) is 5.13. The molecular formula is C22H23ClN2O5. The molecule has 2 aromatic rings. The van der Waals surface area contributed by atoms with E-state index in [0.717, 1.165) is 5.56 Å². The van der Waals surface area contributed by atoms with Crippen LogP contribution in [-0.2, 0) is 16.2 Å². The number of carbonyl (C=O) groups is 3. The summed E-state index contributed by atoms with van der Waals surface area (Å²) in [5, 5.41) is 3.40. The van der Waals surface area contributed by atoms with Gasteiger partial charge in [0, 0.05) is 42.1 Å². The highest BCUT2D eigenvalue weighted by Crippen LogP contribution is 2.29. The fourth-order valence-corrected chi connectivity index (χ4v) is 3.30. The molecule has 1 saturated heterocycles. The molecule has 158 valence electrons. The largest absolute Gasteiger partial charge is 0.493 e. The van der Waals surface area contributed by atoms with Crippen LogP contribution in [0.3, 0.4) is 0 Å². The maximum Gasteiger partial charge on any atom is 0.251 e. The Morgan fingerprint density at radius 1 is 1.10 bits per heavy atom. The molecule has 1 N–H and O–H groups in total. The van der Waals surface area contributed by atoms with Gasteiger partial charge < -0.3 is 14.8 Å². The second kappa shape index (κ2) is 10.1. The molecule has 8 heteroatoms. The molecule has 0 unspecified atom stereocenters. The Morgan fingerprint density at radius 3 is 2.53 bits per heavy atom. The second-order valence-corrected chi connectivity index (χ2v) is 7.20. The zero-order valence-electron chi connectivity index (χ0n) is 16.7. The third kappa shape index (κ3) is 5.30. The van der Waals surface area contributed by atoms with E-state index in [0.29, 0.717) is 41.6 Å². The number of rotatable bonds is 9. The van der Waals surface area contributed by atoms with Crippen LogP contribution in [0.5, 0.6) is 11.5 Å². The summed E-state index contributed by atoms with van der Waals surface area (Å²) < 4.78 is 11.1. The molecule has 0 saturated carbocycles. The molecule has 1 heterocycles. The van der Waals surface area contributed by atoms with E-state index in [2.05, 4.69) is 5.32 Å². The average molecular weight is 431 g/mol. The number of hydrogen-bond acceptors (Lipinski definition) is 5. The topological polar surface area (TPSA) is 84.9 Å². The van der Waals surface area contributed by atoms with Crippen LogP contribution in [0.4, 0.5) is 0 Å². The maximum atomic E-state index is 12.4. The number of ether oxygens (including phenoxy) is 2. The van der Waals surface area contributed by atoms with Crippen LogP contribution in [0.15, 0.2) is 42.5 Å². The molecule has 0 aromatic heterocycles. The van der Waals surface area contributed by atoms with Gasteiger partial charge in [0.1, 0.15) is 6.61 Å². The average Bonchev–Trinajstić information content (AvgIpc) is 3.07. The molecule has 1 aliphatic rings. The zero-order valence-corrected chi connectivity index (χ0v) is 17.4. The highest BCUT2D eigenvalue weighted by molar-refractivity contribution is 6.31. The summed E-state index contributed by atoms with van der Waals surface area (Å²) in [7, 11) is 1.50. The summed E-state index contributed by atoms with van der Waals surface area (Å²) in [6.45, 7) is 0.939. The lowest BCUT2D eigenvalue weighted by Crippen LogP contribution is -2.33. The van der Waals surface area contributed by atoms with E-state index < -0.39 is 0 Å². The van der Waals surface area contributed by atoms with Gasteiger partial charge >= 0.3 is 0 Å². The van der Waals surface area contributed by atoms with E-state index >= 15 is 0 Å². The van der Waals surface area contributed by atoms with Gasteiger partial charge in [0.05, 0.1) is 7.11 Å². The Morgan fingerprint density at radius 2 is 1.83 bits per heavy atom. The Labute approximate surface area is 179 Å². The molecule has 3 rings (SSSR count). The lowest BCUT2D eigenvalue weighted by atomic mass is 10.2. The number of carbonyl (C=O) groups excluding carboxylic acids is 3. The predicted molar refractivity (Wildman–Crippen MR) is 112 cm³/mol. The molecule has 1 aliphatic heterocycles. The summed E-state index contributed by atoms with van der Waals surface area (Å²) in [5.41, 5.74) is 1.27. The number of hydrogen-bond donors (Lipinski definition) is 1. The first-order valence-corrected chi connectivity index (χ1v) is 10.0. The predicted octanol–water partition coefficient (Wildman–Crippen LogP) is 3.20. The Balaban J connectivity index is 1.53. The van der Waals surface area contributed by atoms with E-state index in [4.69, 9.17) is 21.1 Å². The first-order valence-electron chi connectivity index (χ1n) is 9.65. The van der Waals surface area contributed by atoms with E-state index in [-0.39, 0.29) is 37.2 Å². The van der Waals surface area contributed by atoms with Crippen molar-refractivity contribution in [1.82, 2.24) is 10.2 Å². The van der Waals surface area contributed by atoms with Gasteiger partial charge in [0.25, 0.3) is 5.91 Å². The molecular weight excluding hydrogens is 408 g/mol. The van der Waals surface area contributed by atoms with Gasteiger partial charge in [-0.1, -0.05) is 29.8 Å². The van der Waals surface area contributed by atoms with Gasteiger partial charge in [-0.05, 0) is 30.7 Å². The number of likely N-dealkylation sites (tertiary alicyclic amines) is 1. The van der Waals surface area contributed by atoms with Crippen molar-refractivity contribution in [3.05, 3.63) is 58.6 Å². The summed E-state index contributed by atoms with van der Waals surface area (Å²) in [6.07, 6.45) is 1.05. The summed E-state index contributed by atoms with van der Waals surface area (Å²) in [5.74, 6) is 0.361. The summed E-state index contributed by atoms with van der Waals surface area (Å²) >= 11 is 6.14. The molecule has 0 spiro atoms. The normalized spacial score (nSPS) is 13.5. The lowest BCUT2D eigenvalue weighted by molar-refractivity contribution is -0.138. The smallest absolute Gasteiger partial charge is 0.251 e. The maximum absolute atomic E-state index is 12.4. The van der Waals surface area contributed by atoms with Crippen molar-refractivity contribution < 1.29 is 23.9 Å². The van der Waals surface area contributed by atoms with Crippen molar-refractivity contribution in [1.29, 1.82) is 0 Å². The quantitative estimate of drug-likeness (QED) is 0.487. The van der Waals surface area contributed by atoms with Gasteiger partial charge in [0.2, 0.25) is 11.8 Å². The SMILES string of the molecule is COc1cc(C(=O)NCCCN2C(=O)CCC2=O)ccc1OCc1ccccc1Cl. The fourth-order valence-electron chi connectivity index (χ4n) is 3.11. The van der Waals surface area contributed by atoms with E-state index in [9.17, 15) is 14.4 Å². The Kier molecular flexibility index (Phi) is 7.30. The van der Waals surface area contributed by atoms with Crippen molar-refractivity contribution in [2.45, 2.75) is 25.9 Å². The van der Waals surface area contributed by atoms with Crippen molar-refractivity contribution in [2.75, 3.05) is 20.2 Å². The molecule has 1 fully saturated rings. The number of benzene rings is 2. The van der Waals surface area contributed by atoms with Gasteiger partial charge in [-0.3, -0.25) is 19.3 Å². The van der Waals surface area contributed by atoms with Crippen molar-refractivity contribution in [3.8, 4) is 11.5 Å². The number of imide groups is 1. The van der Waals surface area contributed by atoms with Crippen LogP contribution in [0, 0.1) is 0 Å². The highest BCUT2D eigenvalue weighted by atomic mass is 35.5. The highest BCUT2D eigenvalue weighted by Gasteiger charge is 2.27. The van der Waals surface area contributed by atoms with E-state index in [1.54, 1.807) is 24.3 Å². The van der Waals surface area contributed by atoms with Crippen LogP contribution in [0.1, 0.15) is 35.2 Å². The Hall–Kier alpha value is -3.06. The molecule has 2 aromatic carbocycles. The molecule has 3 amide bonds. The minimum absolute atomic E-state index is 0.150.